The Bertz CT molecular complexity index is 906. The number of methoxy groups -OCH3 is 1. The van der Waals surface area contributed by atoms with Gasteiger partial charge in [0.25, 0.3) is 0 Å². The summed E-state index contributed by atoms with van der Waals surface area (Å²) in [7, 11) is 1.72. The zero-order valence-electron chi connectivity index (χ0n) is 18.2. The van der Waals surface area contributed by atoms with Gasteiger partial charge in [0.2, 0.25) is 0 Å². The lowest BCUT2D eigenvalue weighted by atomic mass is 10.2. The fourth-order valence-electron chi connectivity index (χ4n) is 3.86. The molecule has 0 radical (unpaired) electrons. The molecule has 2 aromatic carbocycles. The van der Waals surface area contributed by atoms with Gasteiger partial charge in [-0.05, 0) is 49.2 Å². The van der Waals surface area contributed by atoms with Crippen molar-refractivity contribution in [1.82, 2.24) is 19.7 Å². The van der Waals surface area contributed by atoms with Crippen LogP contribution in [0.25, 0.3) is 0 Å². The third-order valence-electron chi connectivity index (χ3n) is 5.66. The van der Waals surface area contributed by atoms with E-state index in [1.54, 1.807) is 19.8 Å². The number of rotatable bonds is 10. The lowest BCUT2D eigenvalue weighted by Gasteiger charge is -2.36. The minimum atomic E-state index is 0.728. The van der Waals surface area contributed by atoms with E-state index in [4.69, 9.17) is 9.47 Å². The van der Waals surface area contributed by atoms with E-state index in [0.29, 0.717) is 0 Å². The Hall–Kier alpha value is -3.06. The number of nitrogens with zero attached hydrogens (tertiary/aromatic N) is 5. The molecule has 7 nitrogen and oxygen atoms in total. The predicted octanol–water partition coefficient (Wildman–Crippen LogP) is 3.32. The van der Waals surface area contributed by atoms with E-state index in [2.05, 4.69) is 50.2 Å². The van der Waals surface area contributed by atoms with Gasteiger partial charge in [0.15, 0.2) is 0 Å². The number of hydrogen-bond acceptors (Lipinski definition) is 6. The highest BCUT2D eigenvalue weighted by atomic mass is 16.5. The maximum atomic E-state index is 5.91. The van der Waals surface area contributed by atoms with Gasteiger partial charge in [0, 0.05) is 37.9 Å². The van der Waals surface area contributed by atoms with E-state index >= 15 is 0 Å². The normalized spacial score (nSPS) is 14.5. The van der Waals surface area contributed by atoms with Crippen molar-refractivity contribution in [3.8, 4) is 11.5 Å². The van der Waals surface area contributed by atoms with Crippen molar-refractivity contribution in [2.24, 2.45) is 0 Å². The van der Waals surface area contributed by atoms with Gasteiger partial charge in [0.05, 0.1) is 20.3 Å². The molecule has 0 saturated carbocycles. The van der Waals surface area contributed by atoms with E-state index in [0.717, 1.165) is 70.2 Å². The fourth-order valence-corrected chi connectivity index (χ4v) is 3.86. The molecule has 4 rings (SSSR count). The van der Waals surface area contributed by atoms with Crippen LogP contribution < -0.4 is 14.4 Å². The molecule has 31 heavy (non-hydrogen) atoms. The molecule has 0 atom stereocenters. The summed E-state index contributed by atoms with van der Waals surface area (Å²) in [5, 5.41) is 4.13. The van der Waals surface area contributed by atoms with E-state index < -0.39 is 0 Å². The van der Waals surface area contributed by atoms with Gasteiger partial charge in [-0.3, -0.25) is 4.90 Å². The van der Waals surface area contributed by atoms with Gasteiger partial charge >= 0.3 is 0 Å². The van der Waals surface area contributed by atoms with Crippen molar-refractivity contribution in [3.05, 3.63) is 66.7 Å². The summed E-state index contributed by atoms with van der Waals surface area (Å²) < 4.78 is 13.1. The largest absolute Gasteiger partial charge is 0.497 e. The average molecular weight is 422 g/mol. The molecule has 0 unspecified atom stereocenters. The molecule has 0 amide bonds. The SMILES string of the molecule is COc1cccc(N2CCN(CCCCOc3ccc(Cn4cncn4)cc3)CC2)c1. The summed E-state index contributed by atoms with van der Waals surface area (Å²) in [4.78, 5) is 8.96. The molecule has 2 heterocycles. The Balaban J connectivity index is 1.10. The number of benzene rings is 2. The first kappa shape index (κ1) is 21.2. The van der Waals surface area contributed by atoms with Crippen molar-refractivity contribution in [3.63, 3.8) is 0 Å². The van der Waals surface area contributed by atoms with Crippen LogP contribution in [0, 0.1) is 0 Å². The highest BCUT2D eigenvalue weighted by Crippen LogP contribution is 2.22. The van der Waals surface area contributed by atoms with Crippen molar-refractivity contribution in [2.75, 3.05) is 51.3 Å². The Labute approximate surface area is 184 Å². The zero-order chi connectivity index (χ0) is 21.3. The smallest absolute Gasteiger partial charge is 0.137 e. The summed E-state index contributed by atoms with van der Waals surface area (Å²) in [6, 6.07) is 16.6. The number of hydrogen-bond donors (Lipinski definition) is 0. The van der Waals surface area contributed by atoms with Crippen LogP contribution >= 0.6 is 0 Å². The van der Waals surface area contributed by atoms with Crippen LogP contribution in [0.5, 0.6) is 11.5 Å². The monoisotopic (exact) mass is 421 g/mol. The van der Waals surface area contributed by atoms with Crippen molar-refractivity contribution >= 4 is 5.69 Å². The van der Waals surface area contributed by atoms with Crippen LogP contribution in [0.15, 0.2) is 61.2 Å². The molecule has 0 spiro atoms. The van der Waals surface area contributed by atoms with Gasteiger partial charge in [-0.25, -0.2) is 9.67 Å². The molecule has 0 aliphatic carbocycles. The van der Waals surface area contributed by atoms with Crippen LogP contribution in [0.1, 0.15) is 18.4 Å². The van der Waals surface area contributed by atoms with Crippen LogP contribution in [-0.2, 0) is 6.54 Å². The highest BCUT2D eigenvalue weighted by Gasteiger charge is 2.17. The standard InChI is InChI=1S/C24H31N5O2/c1-30-24-6-4-5-22(17-24)28-14-12-27(13-15-28)11-2-3-16-31-23-9-7-21(8-10-23)18-29-20-25-19-26-29/h4-10,17,19-20H,2-3,11-16,18H2,1H3. The molecule has 1 aliphatic heterocycles. The number of piperazine rings is 1. The minimum absolute atomic E-state index is 0.728. The minimum Gasteiger partial charge on any atom is -0.497 e. The summed E-state index contributed by atoms with van der Waals surface area (Å²) in [6.45, 7) is 6.94. The third kappa shape index (κ3) is 6.21. The Morgan fingerprint density at radius 1 is 0.935 bits per heavy atom. The Morgan fingerprint density at radius 3 is 2.52 bits per heavy atom. The number of anilines is 1. The molecule has 1 saturated heterocycles. The molecule has 1 aromatic heterocycles. The van der Waals surface area contributed by atoms with Gasteiger partial charge in [-0.1, -0.05) is 18.2 Å². The number of ether oxygens (including phenoxy) is 2. The van der Waals surface area contributed by atoms with Crippen LogP contribution in [-0.4, -0.2) is 66.1 Å². The van der Waals surface area contributed by atoms with Crippen LogP contribution in [0.2, 0.25) is 0 Å². The molecule has 1 fully saturated rings. The van der Waals surface area contributed by atoms with Crippen molar-refractivity contribution in [2.45, 2.75) is 19.4 Å². The molecular weight excluding hydrogens is 390 g/mol. The van der Waals surface area contributed by atoms with Gasteiger partial charge < -0.3 is 14.4 Å². The van der Waals surface area contributed by atoms with Gasteiger partial charge in [-0.15, -0.1) is 0 Å². The predicted molar refractivity (Wildman–Crippen MR) is 122 cm³/mol. The van der Waals surface area contributed by atoms with Gasteiger partial charge in [-0.2, -0.15) is 5.10 Å². The van der Waals surface area contributed by atoms with Gasteiger partial charge in [0.1, 0.15) is 24.2 Å². The van der Waals surface area contributed by atoms with Crippen molar-refractivity contribution < 1.29 is 9.47 Å². The summed E-state index contributed by atoms with van der Waals surface area (Å²) in [5.74, 6) is 1.85. The molecule has 1 aliphatic rings. The number of unbranched alkanes of at least 4 members (excludes halogenated alkanes) is 1. The molecule has 164 valence electrons. The lowest BCUT2D eigenvalue weighted by molar-refractivity contribution is 0.238. The second-order valence-corrected chi connectivity index (χ2v) is 7.82. The molecule has 0 N–H and O–H groups in total. The van der Waals surface area contributed by atoms with E-state index in [-0.39, 0.29) is 0 Å². The second kappa shape index (κ2) is 10.8. The van der Waals surface area contributed by atoms with E-state index in [1.807, 2.05) is 22.9 Å². The molecular formula is C24H31N5O2. The maximum absolute atomic E-state index is 5.91. The van der Waals surface area contributed by atoms with E-state index in [1.165, 1.54) is 11.3 Å². The first-order valence-electron chi connectivity index (χ1n) is 11.0. The molecule has 0 bridgehead atoms. The zero-order valence-corrected chi connectivity index (χ0v) is 18.2. The fraction of sp³-hybridized carbons (Fsp3) is 0.417. The second-order valence-electron chi connectivity index (χ2n) is 7.82. The molecule has 3 aromatic rings. The maximum Gasteiger partial charge on any atom is 0.137 e. The molecule has 7 heteroatoms. The highest BCUT2D eigenvalue weighted by molar-refractivity contribution is 5.51. The first-order valence-corrected chi connectivity index (χ1v) is 11.0. The topological polar surface area (TPSA) is 55.7 Å². The Morgan fingerprint density at radius 2 is 1.77 bits per heavy atom. The van der Waals surface area contributed by atoms with E-state index in [9.17, 15) is 0 Å². The first-order chi connectivity index (χ1) is 15.3. The Kier molecular flexibility index (Phi) is 7.39. The third-order valence-corrected chi connectivity index (χ3v) is 5.66. The summed E-state index contributed by atoms with van der Waals surface area (Å²) in [5.41, 5.74) is 2.44. The lowest BCUT2D eigenvalue weighted by Crippen LogP contribution is -2.46. The summed E-state index contributed by atoms with van der Waals surface area (Å²) >= 11 is 0. The number of aromatic nitrogens is 3. The van der Waals surface area contributed by atoms with Crippen LogP contribution in [0.4, 0.5) is 5.69 Å². The van der Waals surface area contributed by atoms with Crippen LogP contribution in [0.3, 0.4) is 0 Å². The quantitative estimate of drug-likeness (QED) is 0.468. The van der Waals surface area contributed by atoms with Crippen molar-refractivity contribution in [1.29, 1.82) is 0 Å². The summed E-state index contributed by atoms with van der Waals surface area (Å²) in [6.07, 6.45) is 5.50. The average Bonchev–Trinajstić information content (AvgIpc) is 3.33.